The Morgan fingerprint density at radius 1 is 1.47 bits per heavy atom. The third-order valence-electron chi connectivity index (χ3n) is 3.38. The number of hydrogen-bond acceptors (Lipinski definition) is 4. The van der Waals surface area contributed by atoms with Crippen LogP contribution < -0.4 is 5.32 Å². The third kappa shape index (κ3) is 5.12. The Balaban J connectivity index is 2.29. The SMILES string of the molecule is CCC(CC)C1CN=C(NC(C)CCSC)S1. The standard InChI is InChI=1S/C13H26N2S2/c1-5-11(6-2)12-9-14-13(17-12)15-10(3)7-8-16-4/h10-12H,5-9H2,1-4H3,(H,14,15). The van der Waals surface area contributed by atoms with Crippen molar-refractivity contribution in [2.75, 3.05) is 18.6 Å². The van der Waals surface area contributed by atoms with Crippen LogP contribution in [0.15, 0.2) is 4.99 Å². The van der Waals surface area contributed by atoms with E-state index < -0.39 is 0 Å². The molecule has 1 aliphatic heterocycles. The molecule has 0 saturated heterocycles. The van der Waals surface area contributed by atoms with Gasteiger partial charge in [0, 0.05) is 11.3 Å². The summed E-state index contributed by atoms with van der Waals surface area (Å²) in [5, 5.41) is 5.43. The molecule has 0 aromatic carbocycles. The van der Waals surface area contributed by atoms with Crippen molar-refractivity contribution in [3.63, 3.8) is 0 Å². The molecule has 1 aliphatic rings. The van der Waals surface area contributed by atoms with Gasteiger partial charge in [-0.05, 0) is 31.3 Å². The predicted molar refractivity (Wildman–Crippen MR) is 83.3 cm³/mol. The number of aliphatic imine (C=N–C) groups is 1. The summed E-state index contributed by atoms with van der Waals surface area (Å²) < 4.78 is 0. The van der Waals surface area contributed by atoms with E-state index in [1.165, 1.54) is 30.2 Å². The minimum Gasteiger partial charge on any atom is -0.362 e. The average Bonchev–Trinajstić information content (AvgIpc) is 2.76. The molecule has 0 aromatic heterocycles. The van der Waals surface area contributed by atoms with Crippen LogP contribution in [0.5, 0.6) is 0 Å². The second-order valence-electron chi connectivity index (χ2n) is 4.71. The maximum absolute atomic E-state index is 4.64. The van der Waals surface area contributed by atoms with Crippen molar-refractivity contribution in [3.8, 4) is 0 Å². The molecule has 0 aliphatic carbocycles. The molecule has 0 saturated carbocycles. The summed E-state index contributed by atoms with van der Waals surface area (Å²) in [6.45, 7) is 7.85. The van der Waals surface area contributed by atoms with Crippen LogP contribution in [-0.4, -0.2) is 35.0 Å². The molecule has 1 heterocycles. The van der Waals surface area contributed by atoms with Gasteiger partial charge in [-0.2, -0.15) is 11.8 Å². The lowest BCUT2D eigenvalue weighted by molar-refractivity contribution is 0.479. The topological polar surface area (TPSA) is 24.4 Å². The van der Waals surface area contributed by atoms with Crippen LogP contribution >= 0.6 is 23.5 Å². The lowest BCUT2D eigenvalue weighted by Gasteiger charge is -2.19. The first-order valence-corrected chi connectivity index (χ1v) is 8.95. The Bertz CT molecular complexity index is 240. The number of nitrogens with zero attached hydrogens (tertiary/aromatic N) is 1. The van der Waals surface area contributed by atoms with E-state index in [1.54, 1.807) is 0 Å². The van der Waals surface area contributed by atoms with Gasteiger partial charge in [0.25, 0.3) is 0 Å². The fourth-order valence-electron chi connectivity index (χ4n) is 2.11. The summed E-state index contributed by atoms with van der Waals surface area (Å²) in [5.41, 5.74) is 0. The molecule has 2 nitrogen and oxygen atoms in total. The van der Waals surface area contributed by atoms with E-state index in [-0.39, 0.29) is 0 Å². The molecule has 0 spiro atoms. The first-order valence-electron chi connectivity index (χ1n) is 6.67. The van der Waals surface area contributed by atoms with Gasteiger partial charge < -0.3 is 5.32 Å². The van der Waals surface area contributed by atoms with Gasteiger partial charge in [0.15, 0.2) is 5.17 Å². The Morgan fingerprint density at radius 3 is 2.76 bits per heavy atom. The molecule has 17 heavy (non-hydrogen) atoms. The molecule has 1 rings (SSSR count). The molecule has 0 bridgehead atoms. The maximum atomic E-state index is 4.64. The van der Waals surface area contributed by atoms with Crippen LogP contribution in [0.25, 0.3) is 0 Å². The molecule has 2 atom stereocenters. The van der Waals surface area contributed by atoms with E-state index in [9.17, 15) is 0 Å². The summed E-state index contributed by atoms with van der Waals surface area (Å²) in [4.78, 5) is 4.64. The monoisotopic (exact) mass is 274 g/mol. The van der Waals surface area contributed by atoms with Crippen molar-refractivity contribution in [3.05, 3.63) is 0 Å². The summed E-state index contributed by atoms with van der Waals surface area (Å²) in [6.07, 6.45) is 5.94. The molecular weight excluding hydrogens is 248 g/mol. The van der Waals surface area contributed by atoms with Gasteiger partial charge >= 0.3 is 0 Å². The Kier molecular flexibility index (Phi) is 7.44. The highest BCUT2D eigenvalue weighted by atomic mass is 32.2. The van der Waals surface area contributed by atoms with Gasteiger partial charge in [-0.25, -0.2) is 0 Å². The summed E-state index contributed by atoms with van der Waals surface area (Å²) in [6, 6.07) is 0.550. The molecule has 0 fully saturated rings. The van der Waals surface area contributed by atoms with Gasteiger partial charge in [-0.3, -0.25) is 4.99 Å². The number of amidine groups is 1. The first-order chi connectivity index (χ1) is 8.21. The van der Waals surface area contributed by atoms with Gasteiger partial charge in [0.1, 0.15) is 0 Å². The van der Waals surface area contributed by atoms with E-state index in [4.69, 9.17) is 0 Å². The van der Waals surface area contributed by atoms with Crippen molar-refractivity contribution in [2.24, 2.45) is 10.9 Å². The second-order valence-corrected chi connectivity index (χ2v) is 6.92. The molecule has 0 radical (unpaired) electrons. The summed E-state index contributed by atoms with van der Waals surface area (Å²) in [5.74, 6) is 2.05. The highest BCUT2D eigenvalue weighted by molar-refractivity contribution is 8.14. The quantitative estimate of drug-likeness (QED) is 0.767. The lowest BCUT2D eigenvalue weighted by atomic mass is 9.99. The highest BCUT2D eigenvalue weighted by Gasteiger charge is 2.26. The number of rotatable bonds is 7. The van der Waals surface area contributed by atoms with Crippen LogP contribution in [0.4, 0.5) is 0 Å². The molecule has 0 aromatic rings. The molecule has 2 unspecified atom stereocenters. The Morgan fingerprint density at radius 2 is 2.18 bits per heavy atom. The summed E-state index contributed by atoms with van der Waals surface area (Å²) >= 11 is 3.88. The minimum absolute atomic E-state index is 0.550. The molecule has 0 amide bonds. The van der Waals surface area contributed by atoms with E-state index in [0.29, 0.717) is 11.3 Å². The van der Waals surface area contributed by atoms with E-state index in [1.807, 2.05) is 23.5 Å². The lowest BCUT2D eigenvalue weighted by Crippen LogP contribution is -2.30. The minimum atomic E-state index is 0.550. The van der Waals surface area contributed by atoms with Crippen LogP contribution in [0.1, 0.15) is 40.0 Å². The van der Waals surface area contributed by atoms with Crippen molar-refractivity contribution in [1.82, 2.24) is 5.32 Å². The Hall–Kier alpha value is 0.170. The second kappa shape index (κ2) is 8.30. The molecule has 4 heteroatoms. The number of thioether (sulfide) groups is 2. The van der Waals surface area contributed by atoms with E-state index in [2.05, 4.69) is 37.3 Å². The van der Waals surface area contributed by atoms with E-state index >= 15 is 0 Å². The van der Waals surface area contributed by atoms with Crippen molar-refractivity contribution >= 4 is 28.7 Å². The number of hydrogen-bond donors (Lipinski definition) is 1. The Labute approximate surface area is 115 Å². The smallest absolute Gasteiger partial charge is 0.157 e. The molecule has 100 valence electrons. The molecular formula is C13H26N2S2. The zero-order valence-electron chi connectivity index (χ0n) is 11.5. The summed E-state index contributed by atoms with van der Waals surface area (Å²) in [7, 11) is 0. The average molecular weight is 274 g/mol. The van der Waals surface area contributed by atoms with Gasteiger partial charge in [-0.15, -0.1) is 0 Å². The fraction of sp³-hybridized carbons (Fsp3) is 0.923. The van der Waals surface area contributed by atoms with Crippen LogP contribution in [-0.2, 0) is 0 Å². The van der Waals surface area contributed by atoms with Gasteiger partial charge in [0.2, 0.25) is 0 Å². The van der Waals surface area contributed by atoms with Crippen LogP contribution in [0.3, 0.4) is 0 Å². The van der Waals surface area contributed by atoms with Gasteiger partial charge in [-0.1, -0.05) is 38.5 Å². The van der Waals surface area contributed by atoms with Crippen molar-refractivity contribution in [1.29, 1.82) is 0 Å². The predicted octanol–water partition coefficient (Wildman–Crippen LogP) is 3.63. The highest BCUT2D eigenvalue weighted by Crippen LogP contribution is 2.30. The zero-order chi connectivity index (χ0) is 12.7. The van der Waals surface area contributed by atoms with E-state index in [0.717, 1.165) is 12.5 Å². The number of nitrogens with one attached hydrogen (secondary N) is 1. The van der Waals surface area contributed by atoms with Gasteiger partial charge in [0.05, 0.1) is 6.54 Å². The normalized spacial score (nSPS) is 21.7. The molecule has 1 N–H and O–H groups in total. The zero-order valence-corrected chi connectivity index (χ0v) is 13.2. The van der Waals surface area contributed by atoms with Crippen LogP contribution in [0.2, 0.25) is 0 Å². The maximum Gasteiger partial charge on any atom is 0.157 e. The van der Waals surface area contributed by atoms with Crippen molar-refractivity contribution < 1.29 is 0 Å². The first kappa shape index (κ1) is 15.2. The largest absolute Gasteiger partial charge is 0.362 e. The third-order valence-corrected chi connectivity index (χ3v) is 5.33. The van der Waals surface area contributed by atoms with Crippen molar-refractivity contribution in [2.45, 2.75) is 51.3 Å². The van der Waals surface area contributed by atoms with Crippen LogP contribution in [0, 0.1) is 5.92 Å². The fourth-order valence-corrected chi connectivity index (χ4v) is 4.13.